The van der Waals surface area contributed by atoms with Crippen molar-refractivity contribution in [2.75, 3.05) is 6.61 Å². The van der Waals surface area contributed by atoms with Crippen LogP contribution in [0.5, 0.6) is 11.5 Å². The SMILES string of the molecule is CCCOc1cc(F)c(C#Cc2cc(F)c(C(F)(F)Oc3ccc(C#CC4=CC(F)C(OC(F)(F)F)C(F)=C4)c(F)c3)c(F)c2)c(F)c1. The fourth-order valence-electron chi connectivity index (χ4n) is 4.06. The summed E-state index contributed by atoms with van der Waals surface area (Å²) in [6.45, 7) is 1.95. The van der Waals surface area contributed by atoms with Crippen LogP contribution in [0.2, 0.25) is 0 Å². The minimum atomic E-state index is -5.34. The van der Waals surface area contributed by atoms with Crippen molar-refractivity contribution < 1.29 is 66.9 Å². The first kappa shape index (κ1) is 35.8. The van der Waals surface area contributed by atoms with Gasteiger partial charge < -0.3 is 9.47 Å². The van der Waals surface area contributed by atoms with Gasteiger partial charge in [-0.1, -0.05) is 30.6 Å². The number of hydrogen-bond donors (Lipinski definition) is 0. The molecule has 0 aliphatic heterocycles. The van der Waals surface area contributed by atoms with E-state index in [1.807, 2.05) is 5.92 Å². The Morgan fingerprint density at radius 2 is 1.35 bits per heavy atom. The van der Waals surface area contributed by atoms with Crippen LogP contribution in [0.25, 0.3) is 0 Å². The van der Waals surface area contributed by atoms with Crippen molar-refractivity contribution in [2.24, 2.45) is 0 Å². The van der Waals surface area contributed by atoms with E-state index in [2.05, 4.69) is 27.2 Å². The van der Waals surface area contributed by atoms with Gasteiger partial charge in [-0.05, 0) is 42.8 Å². The second-order valence-electron chi connectivity index (χ2n) is 9.77. The minimum absolute atomic E-state index is 0.120. The van der Waals surface area contributed by atoms with Crippen molar-refractivity contribution in [2.45, 2.75) is 38.1 Å². The Balaban J connectivity index is 1.50. The van der Waals surface area contributed by atoms with E-state index in [4.69, 9.17) is 4.74 Å². The molecule has 3 aromatic rings. The van der Waals surface area contributed by atoms with Gasteiger partial charge >= 0.3 is 12.5 Å². The molecule has 252 valence electrons. The second kappa shape index (κ2) is 14.4. The van der Waals surface area contributed by atoms with Gasteiger partial charge in [0.05, 0.1) is 17.7 Å². The standard InChI is InChI=1S/C33H18F12O3/c1-2-9-46-21-15-24(35)22(25(36)16-21)8-4-18-10-26(37)30(27(38)11-18)32(41,42)47-20-7-6-19(23(34)14-20)5-3-17-12-28(39)31(29(40)13-17)48-33(43,44)45/h6-7,10-16,28,31H,2,9H2,1H3. The Kier molecular flexibility index (Phi) is 10.7. The molecule has 0 N–H and O–H groups in total. The van der Waals surface area contributed by atoms with Crippen LogP contribution in [-0.2, 0) is 10.8 Å². The summed E-state index contributed by atoms with van der Waals surface area (Å²) in [5, 5.41) is 0. The summed E-state index contributed by atoms with van der Waals surface area (Å²) in [6.07, 6.45) is -13.8. The van der Waals surface area contributed by atoms with Crippen LogP contribution in [0.4, 0.5) is 52.7 Å². The molecule has 4 rings (SSSR count). The van der Waals surface area contributed by atoms with Gasteiger partial charge in [-0.3, -0.25) is 4.74 Å². The smallest absolute Gasteiger partial charge is 0.493 e. The predicted molar refractivity (Wildman–Crippen MR) is 145 cm³/mol. The van der Waals surface area contributed by atoms with Crippen molar-refractivity contribution in [3.63, 3.8) is 0 Å². The van der Waals surface area contributed by atoms with Gasteiger partial charge in [0.25, 0.3) is 0 Å². The number of allylic oxidation sites excluding steroid dienone is 2. The van der Waals surface area contributed by atoms with E-state index in [9.17, 15) is 52.7 Å². The van der Waals surface area contributed by atoms with Crippen LogP contribution >= 0.6 is 0 Å². The minimum Gasteiger partial charge on any atom is -0.493 e. The molecular weight excluding hydrogens is 672 g/mol. The van der Waals surface area contributed by atoms with Crippen LogP contribution in [0.15, 0.2) is 66.0 Å². The molecule has 1 aliphatic carbocycles. The Labute approximate surface area is 264 Å². The zero-order valence-electron chi connectivity index (χ0n) is 24.0. The third kappa shape index (κ3) is 8.86. The molecular formula is C33H18F12O3. The lowest BCUT2D eigenvalue weighted by Crippen LogP contribution is -2.33. The number of rotatable bonds is 7. The molecule has 0 spiro atoms. The summed E-state index contributed by atoms with van der Waals surface area (Å²) < 4.78 is 180. The average molecular weight is 690 g/mol. The molecule has 2 unspecified atom stereocenters. The maximum atomic E-state index is 14.8. The number of ether oxygens (including phenoxy) is 3. The van der Waals surface area contributed by atoms with E-state index in [0.717, 1.165) is 24.3 Å². The van der Waals surface area contributed by atoms with E-state index in [-0.39, 0.29) is 12.4 Å². The second-order valence-corrected chi connectivity index (χ2v) is 9.77. The summed E-state index contributed by atoms with van der Waals surface area (Å²) in [5.41, 5.74) is -4.28. The molecule has 2 atom stereocenters. The lowest BCUT2D eigenvalue weighted by Gasteiger charge is -2.22. The zero-order valence-corrected chi connectivity index (χ0v) is 24.0. The quantitative estimate of drug-likeness (QED) is 0.183. The maximum absolute atomic E-state index is 14.8. The van der Waals surface area contributed by atoms with Gasteiger partial charge in [0.15, 0.2) is 12.3 Å². The zero-order chi connectivity index (χ0) is 35.4. The molecule has 0 heterocycles. The van der Waals surface area contributed by atoms with E-state index in [0.29, 0.717) is 36.8 Å². The van der Waals surface area contributed by atoms with Gasteiger partial charge in [0.2, 0.25) is 0 Å². The highest BCUT2D eigenvalue weighted by atomic mass is 19.4. The van der Waals surface area contributed by atoms with Gasteiger partial charge in [-0.15, -0.1) is 13.2 Å². The highest BCUT2D eigenvalue weighted by Gasteiger charge is 2.42. The monoisotopic (exact) mass is 690 g/mol. The Hall–Kier alpha value is -5.02. The highest BCUT2D eigenvalue weighted by Crippen LogP contribution is 2.36. The summed E-state index contributed by atoms with van der Waals surface area (Å²) in [5.74, 6) is -1.73. The highest BCUT2D eigenvalue weighted by molar-refractivity contribution is 5.50. The van der Waals surface area contributed by atoms with E-state index < -0.39 is 93.2 Å². The third-order valence-corrected chi connectivity index (χ3v) is 6.14. The molecule has 0 amide bonds. The van der Waals surface area contributed by atoms with Crippen molar-refractivity contribution in [3.8, 4) is 35.2 Å². The van der Waals surface area contributed by atoms with Crippen molar-refractivity contribution >= 4 is 0 Å². The molecule has 0 saturated heterocycles. The Bertz CT molecular complexity index is 1850. The predicted octanol–water partition coefficient (Wildman–Crippen LogP) is 9.09. The number of alkyl halides is 6. The molecule has 3 nitrogen and oxygen atoms in total. The Morgan fingerprint density at radius 3 is 1.92 bits per heavy atom. The van der Waals surface area contributed by atoms with E-state index in [1.165, 1.54) is 0 Å². The molecule has 1 aliphatic rings. The lowest BCUT2D eigenvalue weighted by molar-refractivity contribution is -0.343. The van der Waals surface area contributed by atoms with E-state index in [1.54, 1.807) is 6.92 Å². The number of benzene rings is 3. The fourth-order valence-corrected chi connectivity index (χ4v) is 4.06. The van der Waals surface area contributed by atoms with Crippen LogP contribution in [-0.4, -0.2) is 25.2 Å². The van der Waals surface area contributed by atoms with Crippen molar-refractivity contribution in [3.05, 3.63) is 117 Å². The number of halogens is 12. The molecule has 15 heteroatoms. The first-order valence-corrected chi connectivity index (χ1v) is 13.5. The topological polar surface area (TPSA) is 27.7 Å². The first-order valence-electron chi connectivity index (χ1n) is 13.5. The largest absolute Gasteiger partial charge is 0.523 e. The average Bonchev–Trinajstić information content (AvgIpc) is 2.96. The summed E-state index contributed by atoms with van der Waals surface area (Å²) in [6, 6.07) is 4.23. The van der Waals surface area contributed by atoms with Crippen molar-refractivity contribution in [1.29, 1.82) is 0 Å². The fraction of sp³-hybridized carbons (Fsp3) is 0.212. The normalized spacial score (nSPS) is 16.2. The molecule has 0 fully saturated rings. The van der Waals surface area contributed by atoms with Gasteiger partial charge in [-0.25, -0.2) is 30.7 Å². The van der Waals surface area contributed by atoms with Crippen molar-refractivity contribution in [1.82, 2.24) is 0 Å². The molecule has 3 aromatic carbocycles. The van der Waals surface area contributed by atoms with Crippen LogP contribution in [0.1, 0.15) is 35.6 Å². The van der Waals surface area contributed by atoms with E-state index >= 15 is 0 Å². The maximum Gasteiger partial charge on any atom is 0.523 e. The molecule has 0 saturated carbocycles. The lowest BCUT2D eigenvalue weighted by atomic mass is 10.0. The van der Waals surface area contributed by atoms with Crippen LogP contribution in [0.3, 0.4) is 0 Å². The molecule has 48 heavy (non-hydrogen) atoms. The number of hydrogen-bond acceptors (Lipinski definition) is 3. The summed E-state index contributed by atoms with van der Waals surface area (Å²) >= 11 is 0. The third-order valence-electron chi connectivity index (χ3n) is 6.14. The molecule has 0 bridgehead atoms. The van der Waals surface area contributed by atoms with Crippen LogP contribution < -0.4 is 9.47 Å². The summed E-state index contributed by atoms with van der Waals surface area (Å²) in [4.78, 5) is 0. The Morgan fingerprint density at radius 1 is 0.729 bits per heavy atom. The van der Waals surface area contributed by atoms with Gasteiger partial charge in [-0.2, -0.15) is 8.78 Å². The molecule has 0 radical (unpaired) electrons. The first-order chi connectivity index (χ1) is 22.5. The van der Waals surface area contributed by atoms with Gasteiger partial charge in [0.1, 0.15) is 52.0 Å². The van der Waals surface area contributed by atoms with Gasteiger partial charge in [0, 0.05) is 29.3 Å². The molecule has 0 aromatic heterocycles. The van der Waals surface area contributed by atoms with Crippen LogP contribution in [0, 0.1) is 52.8 Å². The summed E-state index contributed by atoms with van der Waals surface area (Å²) in [7, 11) is 0.